The fraction of sp³-hybridized carbons (Fsp3) is 0.900. The van der Waals surface area contributed by atoms with E-state index in [1.807, 2.05) is 0 Å². The molecule has 4 atom stereocenters. The van der Waals surface area contributed by atoms with Crippen LogP contribution in [0.25, 0.3) is 0 Å². The van der Waals surface area contributed by atoms with Gasteiger partial charge in [-0.25, -0.2) is 0 Å². The third-order valence-electron chi connectivity index (χ3n) is 2.93. The van der Waals surface area contributed by atoms with Crippen LogP contribution in [0.15, 0.2) is 0 Å². The van der Waals surface area contributed by atoms with Crippen LogP contribution in [0.1, 0.15) is 13.8 Å². The molecule has 16 heavy (non-hydrogen) atoms. The number of hydrogen-bond acceptors (Lipinski definition) is 5. The lowest BCUT2D eigenvalue weighted by Gasteiger charge is -2.47. The Labute approximate surface area is 94.8 Å². The maximum Gasteiger partial charge on any atom is 0.219 e. The minimum Gasteiger partial charge on any atom is -0.386 e. The third kappa shape index (κ3) is 2.35. The minimum absolute atomic E-state index is 0.00481. The predicted molar refractivity (Wildman–Crippen MR) is 55.6 cm³/mol. The number of likely N-dealkylation sites (N-methyl/N-ethyl adjacent to an activating group) is 1. The first-order valence-corrected chi connectivity index (χ1v) is 5.09. The second kappa shape index (κ2) is 4.67. The summed E-state index contributed by atoms with van der Waals surface area (Å²) in [4.78, 5) is 12.6. The molecule has 2 N–H and O–H groups in total. The molecule has 0 radical (unpaired) electrons. The quantitative estimate of drug-likeness (QED) is 0.636. The number of aliphatic hydroxyl groups is 2. The van der Waals surface area contributed by atoms with Crippen molar-refractivity contribution < 1.29 is 24.5 Å². The van der Waals surface area contributed by atoms with Crippen molar-refractivity contribution in [2.45, 2.75) is 37.9 Å². The van der Waals surface area contributed by atoms with E-state index in [0.29, 0.717) is 0 Å². The molecule has 0 aromatic rings. The average Bonchev–Trinajstić information content (AvgIpc) is 2.16. The van der Waals surface area contributed by atoms with Crippen LogP contribution in [0.3, 0.4) is 0 Å². The zero-order chi connectivity index (χ0) is 12.5. The van der Waals surface area contributed by atoms with Crippen LogP contribution < -0.4 is 0 Å². The highest BCUT2D eigenvalue weighted by Gasteiger charge is 2.49. The number of amides is 1. The van der Waals surface area contributed by atoms with Crippen molar-refractivity contribution in [3.05, 3.63) is 0 Å². The first-order chi connectivity index (χ1) is 7.31. The summed E-state index contributed by atoms with van der Waals surface area (Å²) >= 11 is 0. The van der Waals surface area contributed by atoms with Crippen molar-refractivity contribution >= 4 is 5.91 Å². The number of carbonyl (C=O) groups excluding carboxylic acids is 1. The molecule has 0 bridgehead atoms. The van der Waals surface area contributed by atoms with Crippen molar-refractivity contribution in [2.24, 2.45) is 0 Å². The highest BCUT2D eigenvalue weighted by Crippen LogP contribution is 2.27. The topological polar surface area (TPSA) is 79.2 Å². The van der Waals surface area contributed by atoms with Gasteiger partial charge in [-0.05, 0) is 6.92 Å². The van der Waals surface area contributed by atoms with Gasteiger partial charge in [-0.3, -0.25) is 4.79 Å². The molecule has 1 fully saturated rings. The maximum absolute atomic E-state index is 11.3. The van der Waals surface area contributed by atoms with Gasteiger partial charge in [-0.1, -0.05) is 0 Å². The fourth-order valence-corrected chi connectivity index (χ4v) is 2.00. The largest absolute Gasteiger partial charge is 0.386 e. The molecule has 1 saturated heterocycles. The first-order valence-electron chi connectivity index (χ1n) is 5.09. The lowest BCUT2D eigenvalue weighted by atomic mass is 9.88. The Morgan fingerprint density at radius 3 is 2.62 bits per heavy atom. The summed E-state index contributed by atoms with van der Waals surface area (Å²) in [7, 11) is 2.93. The molecule has 0 saturated carbocycles. The number of rotatable bonds is 2. The third-order valence-corrected chi connectivity index (χ3v) is 2.93. The second-order valence-electron chi connectivity index (χ2n) is 4.34. The molecule has 94 valence electrons. The zero-order valence-electron chi connectivity index (χ0n) is 10.0. The molecule has 1 heterocycles. The smallest absolute Gasteiger partial charge is 0.219 e. The molecule has 0 unspecified atom stereocenters. The van der Waals surface area contributed by atoms with Crippen molar-refractivity contribution in [1.82, 2.24) is 4.90 Å². The maximum atomic E-state index is 11.3. The summed E-state index contributed by atoms with van der Waals surface area (Å²) in [5, 5.41) is 20.1. The van der Waals surface area contributed by atoms with E-state index in [2.05, 4.69) is 0 Å². The Morgan fingerprint density at radius 1 is 1.62 bits per heavy atom. The monoisotopic (exact) mass is 233 g/mol. The van der Waals surface area contributed by atoms with E-state index in [1.165, 1.54) is 32.9 Å². The van der Waals surface area contributed by atoms with Crippen LogP contribution in [0.2, 0.25) is 0 Å². The molecule has 6 nitrogen and oxygen atoms in total. The van der Waals surface area contributed by atoms with Crippen LogP contribution in [-0.2, 0) is 14.3 Å². The van der Waals surface area contributed by atoms with E-state index < -0.39 is 24.0 Å². The SMILES string of the molecule is CO[C@H]1OC[C@@](C)(O)[C@@H](N(C)C(C)=O)[C@@H]1O. The number of nitrogens with zero attached hydrogens (tertiary/aromatic N) is 1. The van der Waals surface area contributed by atoms with E-state index in [0.717, 1.165) is 0 Å². The van der Waals surface area contributed by atoms with Gasteiger partial charge in [0.15, 0.2) is 6.29 Å². The Hall–Kier alpha value is -0.690. The van der Waals surface area contributed by atoms with Crippen molar-refractivity contribution in [1.29, 1.82) is 0 Å². The minimum atomic E-state index is -1.30. The molecule has 6 heteroatoms. The summed E-state index contributed by atoms with van der Waals surface area (Å²) in [5.74, 6) is -0.235. The van der Waals surface area contributed by atoms with Crippen LogP contribution in [0.4, 0.5) is 0 Å². The summed E-state index contributed by atoms with van der Waals surface area (Å²) in [6.07, 6.45) is -1.91. The molecule has 0 spiro atoms. The number of carbonyl (C=O) groups is 1. The van der Waals surface area contributed by atoms with Gasteiger partial charge in [-0.15, -0.1) is 0 Å². The van der Waals surface area contributed by atoms with Gasteiger partial charge < -0.3 is 24.6 Å². The summed E-state index contributed by atoms with van der Waals surface area (Å²) in [5.41, 5.74) is -1.30. The van der Waals surface area contributed by atoms with E-state index in [-0.39, 0.29) is 12.5 Å². The number of ether oxygens (including phenoxy) is 2. The van der Waals surface area contributed by atoms with Crippen LogP contribution in [0.5, 0.6) is 0 Å². The summed E-state index contributed by atoms with van der Waals surface area (Å²) < 4.78 is 10.1. The normalized spacial score (nSPS) is 39.5. The standard InChI is InChI=1S/C10H19NO5/c1-6(12)11(3)8-7(13)9(15-4)16-5-10(8,2)14/h7-9,13-14H,5H2,1-4H3/t7-,8-,9-,10+/m0/s1. The van der Waals surface area contributed by atoms with Gasteiger partial charge in [0.05, 0.1) is 12.6 Å². The van der Waals surface area contributed by atoms with Crippen molar-refractivity contribution in [3.63, 3.8) is 0 Å². The van der Waals surface area contributed by atoms with Gasteiger partial charge in [0.1, 0.15) is 11.7 Å². The predicted octanol–water partition coefficient (Wildman–Crippen LogP) is -1.05. The fourth-order valence-electron chi connectivity index (χ4n) is 2.00. The molecular weight excluding hydrogens is 214 g/mol. The van der Waals surface area contributed by atoms with Crippen molar-refractivity contribution in [3.8, 4) is 0 Å². The molecule has 0 aromatic heterocycles. The van der Waals surface area contributed by atoms with E-state index in [9.17, 15) is 15.0 Å². The van der Waals surface area contributed by atoms with Crippen LogP contribution >= 0.6 is 0 Å². The summed E-state index contributed by atoms with van der Waals surface area (Å²) in [6.45, 7) is 2.90. The zero-order valence-corrected chi connectivity index (χ0v) is 10.0. The lowest BCUT2D eigenvalue weighted by Crippen LogP contribution is -2.66. The molecule has 1 aliphatic rings. The van der Waals surface area contributed by atoms with Crippen LogP contribution in [0, 0.1) is 0 Å². The van der Waals surface area contributed by atoms with Gasteiger partial charge in [0.25, 0.3) is 0 Å². The Morgan fingerprint density at radius 2 is 2.19 bits per heavy atom. The highest BCUT2D eigenvalue weighted by molar-refractivity contribution is 5.73. The van der Waals surface area contributed by atoms with Gasteiger partial charge in [0.2, 0.25) is 5.91 Å². The van der Waals surface area contributed by atoms with Gasteiger partial charge >= 0.3 is 0 Å². The molecule has 0 aromatic carbocycles. The number of methoxy groups -OCH3 is 1. The Kier molecular flexibility index (Phi) is 3.90. The molecule has 1 rings (SSSR count). The first kappa shape index (κ1) is 13.4. The van der Waals surface area contributed by atoms with E-state index >= 15 is 0 Å². The van der Waals surface area contributed by atoms with E-state index in [1.54, 1.807) is 0 Å². The molecule has 1 amide bonds. The molecular formula is C10H19NO5. The Balaban J connectivity index is 2.93. The average molecular weight is 233 g/mol. The molecule has 0 aliphatic carbocycles. The van der Waals surface area contributed by atoms with Crippen molar-refractivity contribution in [2.75, 3.05) is 20.8 Å². The molecule has 1 aliphatic heterocycles. The Bertz CT molecular complexity index is 268. The van der Waals surface area contributed by atoms with Crippen LogP contribution in [-0.4, -0.2) is 65.8 Å². The number of hydrogen-bond donors (Lipinski definition) is 2. The van der Waals surface area contributed by atoms with E-state index in [4.69, 9.17) is 9.47 Å². The summed E-state index contributed by atoms with van der Waals surface area (Å²) in [6, 6.07) is -0.747. The lowest BCUT2D eigenvalue weighted by molar-refractivity contribution is -0.271. The highest BCUT2D eigenvalue weighted by atomic mass is 16.7. The van der Waals surface area contributed by atoms with Gasteiger partial charge in [0, 0.05) is 21.1 Å². The second-order valence-corrected chi connectivity index (χ2v) is 4.34. The number of aliphatic hydroxyl groups excluding tert-OH is 1. The van der Waals surface area contributed by atoms with Gasteiger partial charge in [-0.2, -0.15) is 0 Å².